The van der Waals surface area contributed by atoms with Crippen molar-refractivity contribution in [1.82, 2.24) is 15.3 Å². The van der Waals surface area contributed by atoms with Gasteiger partial charge >= 0.3 is 0 Å². The van der Waals surface area contributed by atoms with Gasteiger partial charge in [0.05, 0.1) is 17.6 Å². The SMILES string of the molecule is CCCOc1ccc2nc(CCNCC)[nH]c2c1. The lowest BCUT2D eigenvalue weighted by Gasteiger charge is -2.03. The molecular formula is C14H21N3O. The van der Waals surface area contributed by atoms with Crippen molar-refractivity contribution in [3.63, 3.8) is 0 Å². The van der Waals surface area contributed by atoms with E-state index in [9.17, 15) is 0 Å². The minimum atomic E-state index is 0.757. The number of nitrogens with one attached hydrogen (secondary N) is 2. The third kappa shape index (κ3) is 3.23. The molecule has 0 saturated heterocycles. The van der Waals surface area contributed by atoms with E-state index in [1.165, 1.54) is 0 Å². The topological polar surface area (TPSA) is 49.9 Å². The van der Waals surface area contributed by atoms with E-state index in [-0.39, 0.29) is 0 Å². The molecule has 2 N–H and O–H groups in total. The van der Waals surface area contributed by atoms with Crippen molar-refractivity contribution in [3.05, 3.63) is 24.0 Å². The molecule has 2 rings (SSSR count). The highest BCUT2D eigenvalue weighted by molar-refractivity contribution is 5.76. The number of hydrogen-bond acceptors (Lipinski definition) is 3. The van der Waals surface area contributed by atoms with E-state index in [1.807, 2.05) is 18.2 Å². The van der Waals surface area contributed by atoms with E-state index < -0.39 is 0 Å². The van der Waals surface area contributed by atoms with Gasteiger partial charge in [-0.05, 0) is 25.1 Å². The lowest BCUT2D eigenvalue weighted by Crippen LogP contribution is -2.16. The van der Waals surface area contributed by atoms with Gasteiger partial charge in [-0.1, -0.05) is 13.8 Å². The third-order valence-electron chi connectivity index (χ3n) is 2.76. The monoisotopic (exact) mass is 247 g/mol. The van der Waals surface area contributed by atoms with Crippen LogP contribution in [0.5, 0.6) is 5.75 Å². The van der Waals surface area contributed by atoms with E-state index in [0.717, 1.165) is 55.1 Å². The molecule has 0 radical (unpaired) electrons. The molecule has 0 bridgehead atoms. The van der Waals surface area contributed by atoms with Crippen LogP contribution in [0, 0.1) is 0 Å². The zero-order chi connectivity index (χ0) is 12.8. The van der Waals surface area contributed by atoms with Gasteiger partial charge in [0.1, 0.15) is 11.6 Å². The Bertz CT molecular complexity index is 493. The van der Waals surface area contributed by atoms with Gasteiger partial charge < -0.3 is 15.0 Å². The quantitative estimate of drug-likeness (QED) is 0.739. The Hall–Kier alpha value is -1.55. The Kier molecular flexibility index (Phi) is 4.59. The van der Waals surface area contributed by atoms with Crippen LogP contribution in [0.25, 0.3) is 11.0 Å². The van der Waals surface area contributed by atoms with Gasteiger partial charge in [0.25, 0.3) is 0 Å². The maximum Gasteiger partial charge on any atom is 0.121 e. The van der Waals surface area contributed by atoms with Gasteiger partial charge in [-0.2, -0.15) is 0 Å². The van der Waals surface area contributed by atoms with Gasteiger partial charge in [0, 0.05) is 19.0 Å². The van der Waals surface area contributed by atoms with Crippen LogP contribution < -0.4 is 10.1 Å². The summed E-state index contributed by atoms with van der Waals surface area (Å²) in [6.07, 6.45) is 1.95. The lowest BCUT2D eigenvalue weighted by molar-refractivity contribution is 0.318. The molecule has 4 nitrogen and oxygen atoms in total. The number of benzene rings is 1. The van der Waals surface area contributed by atoms with Crippen LogP contribution in [0.4, 0.5) is 0 Å². The van der Waals surface area contributed by atoms with E-state index in [2.05, 4.69) is 29.1 Å². The summed E-state index contributed by atoms with van der Waals surface area (Å²) in [6, 6.07) is 6.01. The van der Waals surface area contributed by atoms with Crippen LogP contribution in [0.1, 0.15) is 26.1 Å². The van der Waals surface area contributed by atoms with Crippen LogP contribution in [0.2, 0.25) is 0 Å². The highest BCUT2D eigenvalue weighted by Crippen LogP contribution is 2.19. The van der Waals surface area contributed by atoms with Gasteiger partial charge in [0.15, 0.2) is 0 Å². The maximum absolute atomic E-state index is 5.61. The second-order valence-electron chi connectivity index (χ2n) is 4.31. The van der Waals surface area contributed by atoms with Crippen LogP contribution >= 0.6 is 0 Å². The van der Waals surface area contributed by atoms with Crippen LogP contribution in [0.15, 0.2) is 18.2 Å². The predicted molar refractivity (Wildman–Crippen MR) is 74.1 cm³/mol. The molecule has 1 aromatic carbocycles. The third-order valence-corrected chi connectivity index (χ3v) is 2.76. The Morgan fingerprint density at radius 3 is 3.00 bits per heavy atom. The van der Waals surface area contributed by atoms with E-state index in [4.69, 9.17) is 4.74 Å². The zero-order valence-electron chi connectivity index (χ0n) is 11.1. The minimum Gasteiger partial charge on any atom is -0.494 e. The smallest absolute Gasteiger partial charge is 0.121 e. The summed E-state index contributed by atoms with van der Waals surface area (Å²) in [7, 11) is 0. The fraction of sp³-hybridized carbons (Fsp3) is 0.500. The molecule has 4 heteroatoms. The van der Waals surface area contributed by atoms with Crippen molar-refractivity contribution < 1.29 is 4.74 Å². The predicted octanol–water partition coefficient (Wildman–Crippen LogP) is 2.50. The molecule has 0 saturated carbocycles. The fourth-order valence-electron chi connectivity index (χ4n) is 1.85. The highest BCUT2D eigenvalue weighted by Gasteiger charge is 2.04. The Morgan fingerprint density at radius 2 is 2.22 bits per heavy atom. The molecule has 18 heavy (non-hydrogen) atoms. The molecule has 1 aromatic heterocycles. The number of fused-ring (bicyclic) bond motifs is 1. The van der Waals surface area contributed by atoms with Gasteiger partial charge in [-0.25, -0.2) is 4.98 Å². The van der Waals surface area contributed by atoms with Crippen molar-refractivity contribution in [2.75, 3.05) is 19.7 Å². The van der Waals surface area contributed by atoms with Crippen LogP contribution in [-0.2, 0) is 6.42 Å². The maximum atomic E-state index is 5.61. The summed E-state index contributed by atoms with van der Waals surface area (Å²) in [6.45, 7) is 6.92. The Labute approximate surface area is 108 Å². The summed E-state index contributed by atoms with van der Waals surface area (Å²) in [5.41, 5.74) is 2.06. The fourth-order valence-corrected chi connectivity index (χ4v) is 1.85. The highest BCUT2D eigenvalue weighted by atomic mass is 16.5. The molecule has 0 unspecified atom stereocenters. The molecule has 0 fully saturated rings. The van der Waals surface area contributed by atoms with Crippen molar-refractivity contribution in [2.45, 2.75) is 26.7 Å². The molecular weight excluding hydrogens is 226 g/mol. The molecule has 0 aliphatic heterocycles. The summed E-state index contributed by atoms with van der Waals surface area (Å²) in [4.78, 5) is 7.89. The average Bonchev–Trinajstić information content (AvgIpc) is 2.78. The van der Waals surface area contributed by atoms with Crippen molar-refractivity contribution >= 4 is 11.0 Å². The van der Waals surface area contributed by atoms with Crippen molar-refractivity contribution in [3.8, 4) is 5.75 Å². The second-order valence-corrected chi connectivity index (χ2v) is 4.31. The van der Waals surface area contributed by atoms with E-state index >= 15 is 0 Å². The lowest BCUT2D eigenvalue weighted by atomic mass is 10.3. The van der Waals surface area contributed by atoms with E-state index in [1.54, 1.807) is 0 Å². The van der Waals surface area contributed by atoms with Crippen molar-refractivity contribution in [1.29, 1.82) is 0 Å². The number of H-pyrrole nitrogens is 1. The first-order valence-corrected chi connectivity index (χ1v) is 6.65. The van der Waals surface area contributed by atoms with E-state index in [0.29, 0.717) is 0 Å². The molecule has 0 aliphatic carbocycles. The molecule has 2 aromatic rings. The number of nitrogens with zero attached hydrogens (tertiary/aromatic N) is 1. The molecule has 0 atom stereocenters. The Balaban J connectivity index is 2.07. The number of aromatic amines is 1. The number of aromatic nitrogens is 2. The largest absolute Gasteiger partial charge is 0.494 e. The molecule has 0 aliphatic rings. The standard InChI is InChI=1S/C14H21N3O/c1-3-9-18-11-5-6-12-13(10-11)17-14(16-12)7-8-15-4-2/h5-6,10,15H,3-4,7-9H2,1-2H3,(H,16,17). The van der Waals surface area contributed by atoms with Gasteiger partial charge in [-0.3, -0.25) is 0 Å². The molecule has 0 spiro atoms. The first-order valence-electron chi connectivity index (χ1n) is 6.65. The normalized spacial score (nSPS) is 11.0. The zero-order valence-corrected chi connectivity index (χ0v) is 11.1. The summed E-state index contributed by atoms with van der Waals surface area (Å²) in [5, 5.41) is 3.30. The number of ether oxygens (including phenoxy) is 1. The average molecular weight is 247 g/mol. The number of likely N-dealkylation sites (N-methyl/N-ethyl adjacent to an activating group) is 1. The number of rotatable bonds is 7. The van der Waals surface area contributed by atoms with Gasteiger partial charge in [-0.15, -0.1) is 0 Å². The first-order chi connectivity index (χ1) is 8.83. The summed E-state index contributed by atoms with van der Waals surface area (Å²) < 4.78 is 5.61. The Morgan fingerprint density at radius 1 is 1.33 bits per heavy atom. The van der Waals surface area contributed by atoms with Gasteiger partial charge in [0.2, 0.25) is 0 Å². The molecule has 0 amide bonds. The summed E-state index contributed by atoms with van der Waals surface area (Å²) in [5.74, 6) is 1.94. The van der Waals surface area contributed by atoms with Crippen LogP contribution in [0.3, 0.4) is 0 Å². The van der Waals surface area contributed by atoms with Crippen LogP contribution in [-0.4, -0.2) is 29.7 Å². The number of imidazole rings is 1. The van der Waals surface area contributed by atoms with Crippen molar-refractivity contribution in [2.24, 2.45) is 0 Å². The minimum absolute atomic E-state index is 0.757. The number of hydrogen-bond donors (Lipinski definition) is 2. The molecule has 98 valence electrons. The summed E-state index contributed by atoms with van der Waals surface area (Å²) >= 11 is 0. The first kappa shape index (κ1) is 12.9. The second kappa shape index (κ2) is 6.40. The molecule has 1 heterocycles.